The largest absolute Gasteiger partial charge is 0.475 e. The summed E-state index contributed by atoms with van der Waals surface area (Å²) in [6.45, 7) is 1.34. The summed E-state index contributed by atoms with van der Waals surface area (Å²) in [4.78, 5) is 27.4. The van der Waals surface area contributed by atoms with Gasteiger partial charge in [0.2, 0.25) is 21.8 Å². The summed E-state index contributed by atoms with van der Waals surface area (Å²) in [6.07, 6.45) is 0.964. The Hall–Kier alpha value is -2.48. The molecule has 2 amide bonds. The van der Waals surface area contributed by atoms with Gasteiger partial charge in [-0.1, -0.05) is 48.0 Å². The number of carbonyl (C=O) groups excluding carboxylic acids is 2. The van der Waals surface area contributed by atoms with Crippen LogP contribution < -0.4 is 10.0 Å². The highest BCUT2D eigenvalue weighted by molar-refractivity contribution is 7.89. The molecule has 4 N–H and O–H groups in total. The van der Waals surface area contributed by atoms with Crippen LogP contribution in [-0.2, 0) is 30.8 Å². The van der Waals surface area contributed by atoms with Gasteiger partial charge < -0.3 is 25.0 Å². The van der Waals surface area contributed by atoms with E-state index in [9.17, 15) is 28.1 Å². The third-order valence-corrected chi connectivity index (χ3v) is 7.68. The Labute approximate surface area is 222 Å². The molecule has 37 heavy (non-hydrogen) atoms. The first-order chi connectivity index (χ1) is 17.7. The van der Waals surface area contributed by atoms with Gasteiger partial charge in [-0.2, -0.15) is 4.72 Å². The third-order valence-electron chi connectivity index (χ3n) is 5.97. The fraction of sp³-hybridized carbons (Fsp3) is 0.417. The van der Waals surface area contributed by atoms with Crippen LogP contribution in [0.25, 0.3) is 0 Å². The van der Waals surface area contributed by atoms with Crippen molar-refractivity contribution in [3.63, 3.8) is 0 Å². The van der Waals surface area contributed by atoms with Gasteiger partial charge >= 0.3 is 7.12 Å². The zero-order valence-corrected chi connectivity index (χ0v) is 21.8. The van der Waals surface area contributed by atoms with Gasteiger partial charge in [0.05, 0.1) is 30.5 Å². The van der Waals surface area contributed by atoms with Gasteiger partial charge in [-0.3, -0.25) is 9.59 Å². The van der Waals surface area contributed by atoms with E-state index in [0.717, 1.165) is 5.56 Å². The lowest BCUT2D eigenvalue weighted by Gasteiger charge is -2.29. The molecular weight excluding hydrogens is 521 g/mol. The molecule has 0 bridgehead atoms. The van der Waals surface area contributed by atoms with E-state index in [1.807, 2.05) is 30.3 Å². The maximum atomic E-state index is 13.2. The Kier molecular flexibility index (Phi) is 10.9. The molecule has 1 fully saturated rings. The van der Waals surface area contributed by atoms with Crippen LogP contribution in [-0.4, -0.2) is 80.6 Å². The smallest absolute Gasteiger partial charge is 0.426 e. The van der Waals surface area contributed by atoms with Crippen molar-refractivity contribution >= 4 is 40.6 Å². The number of benzene rings is 2. The highest BCUT2D eigenvalue weighted by Gasteiger charge is 2.33. The van der Waals surface area contributed by atoms with Crippen LogP contribution in [0.4, 0.5) is 0 Å². The number of ether oxygens (including phenoxy) is 1. The molecule has 1 aliphatic heterocycles. The quantitative estimate of drug-likeness (QED) is 0.285. The average Bonchev–Trinajstić information content (AvgIpc) is 2.88. The normalized spacial score (nSPS) is 15.6. The zero-order valence-electron chi connectivity index (χ0n) is 20.3. The number of rotatable bonds is 12. The minimum absolute atomic E-state index is 0.168. The van der Waals surface area contributed by atoms with E-state index in [2.05, 4.69) is 10.0 Å². The number of halogens is 1. The van der Waals surface area contributed by atoms with Crippen molar-refractivity contribution in [1.29, 1.82) is 0 Å². The summed E-state index contributed by atoms with van der Waals surface area (Å²) in [7, 11) is -6.10. The first-order valence-corrected chi connectivity index (χ1v) is 13.9. The molecule has 2 aromatic rings. The molecule has 0 radical (unpaired) electrons. The van der Waals surface area contributed by atoms with E-state index >= 15 is 0 Å². The zero-order chi connectivity index (χ0) is 26.8. The van der Waals surface area contributed by atoms with Crippen LogP contribution in [0.5, 0.6) is 0 Å². The summed E-state index contributed by atoms with van der Waals surface area (Å²) >= 11 is 5.93. The molecule has 10 nitrogen and oxygen atoms in total. The van der Waals surface area contributed by atoms with Crippen molar-refractivity contribution in [2.75, 3.05) is 26.3 Å². The number of hydrogen-bond acceptors (Lipinski definition) is 7. The van der Waals surface area contributed by atoms with E-state index in [0.29, 0.717) is 39.1 Å². The Balaban J connectivity index is 1.73. The van der Waals surface area contributed by atoms with Gasteiger partial charge in [0.25, 0.3) is 0 Å². The molecule has 0 saturated carbocycles. The maximum absolute atomic E-state index is 13.2. The van der Waals surface area contributed by atoms with E-state index in [1.165, 1.54) is 29.2 Å². The van der Waals surface area contributed by atoms with Gasteiger partial charge in [0.1, 0.15) is 6.04 Å². The van der Waals surface area contributed by atoms with Gasteiger partial charge in [0.15, 0.2) is 0 Å². The Morgan fingerprint density at radius 2 is 1.78 bits per heavy atom. The molecule has 1 saturated heterocycles. The molecule has 2 atom stereocenters. The molecule has 1 heterocycles. The molecule has 2 unspecified atom stereocenters. The molecule has 3 rings (SSSR count). The van der Waals surface area contributed by atoms with Crippen molar-refractivity contribution in [2.45, 2.75) is 42.6 Å². The second-order valence-electron chi connectivity index (χ2n) is 8.74. The number of amides is 2. The summed E-state index contributed by atoms with van der Waals surface area (Å²) in [5, 5.41) is 22.4. The number of nitrogens with one attached hydrogen (secondary N) is 2. The van der Waals surface area contributed by atoms with Crippen LogP contribution >= 0.6 is 11.6 Å². The van der Waals surface area contributed by atoms with Gasteiger partial charge in [-0.05, 0) is 43.0 Å². The number of carbonyl (C=O) groups is 2. The van der Waals surface area contributed by atoms with Gasteiger partial charge in [0, 0.05) is 18.1 Å². The molecule has 1 aliphatic rings. The van der Waals surface area contributed by atoms with Crippen molar-refractivity contribution in [2.24, 2.45) is 0 Å². The Morgan fingerprint density at radius 3 is 2.43 bits per heavy atom. The number of sulfonamides is 1. The standard InChI is InChI=1S/C24H31BClN3O7S/c26-19-9-5-10-20(16-19)37(34,35)28-21(17-23(30)29-12-14-36-15-13-29)24(31)27-22(25(32)33)11-4-8-18-6-2-1-3-7-18/h1-3,5-7,9-10,16,21-22,28,32-33H,4,8,11-15,17H2,(H,27,31). The highest BCUT2D eigenvalue weighted by atomic mass is 35.5. The van der Waals surface area contributed by atoms with Crippen molar-refractivity contribution in [3.8, 4) is 0 Å². The molecule has 13 heteroatoms. The minimum Gasteiger partial charge on any atom is -0.426 e. The molecule has 2 aromatic carbocycles. The summed E-state index contributed by atoms with van der Waals surface area (Å²) < 4.78 is 33.6. The fourth-order valence-corrected chi connectivity index (χ4v) is 5.44. The van der Waals surface area contributed by atoms with E-state index in [4.69, 9.17) is 16.3 Å². The van der Waals surface area contributed by atoms with Crippen molar-refractivity contribution in [1.82, 2.24) is 14.9 Å². The average molecular weight is 552 g/mol. The van der Waals surface area contributed by atoms with E-state index < -0.39 is 47.4 Å². The van der Waals surface area contributed by atoms with Gasteiger partial charge in [-0.25, -0.2) is 8.42 Å². The lowest BCUT2D eigenvalue weighted by molar-refractivity contribution is -0.138. The summed E-state index contributed by atoms with van der Waals surface area (Å²) in [5.74, 6) is -2.33. The maximum Gasteiger partial charge on any atom is 0.475 e. The topological polar surface area (TPSA) is 145 Å². The van der Waals surface area contributed by atoms with Crippen molar-refractivity contribution < 1.29 is 32.8 Å². The van der Waals surface area contributed by atoms with Crippen LogP contribution in [0, 0.1) is 0 Å². The van der Waals surface area contributed by atoms with Crippen LogP contribution in [0.1, 0.15) is 24.8 Å². The molecule has 0 aliphatic carbocycles. The lowest BCUT2D eigenvalue weighted by atomic mass is 9.76. The second kappa shape index (κ2) is 13.9. The van der Waals surface area contributed by atoms with Crippen LogP contribution in [0.3, 0.4) is 0 Å². The first kappa shape index (κ1) is 29.1. The lowest BCUT2D eigenvalue weighted by Crippen LogP contribution is -2.55. The van der Waals surface area contributed by atoms with Crippen molar-refractivity contribution in [3.05, 3.63) is 65.2 Å². The predicted octanol–water partition coefficient (Wildman–Crippen LogP) is 0.756. The number of aryl methyl sites for hydroxylation is 1. The Bertz CT molecular complexity index is 1150. The highest BCUT2D eigenvalue weighted by Crippen LogP contribution is 2.17. The molecular formula is C24H31BClN3O7S. The fourth-order valence-electron chi connectivity index (χ4n) is 3.94. The second-order valence-corrected chi connectivity index (χ2v) is 10.9. The Morgan fingerprint density at radius 1 is 1.08 bits per heavy atom. The number of morpholine rings is 1. The van der Waals surface area contributed by atoms with E-state index in [-0.39, 0.29) is 16.3 Å². The van der Waals surface area contributed by atoms with E-state index in [1.54, 1.807) is 0 Å². The third kappa shape index (κ3) is 9.10. The summed E-state index contributed by atoms with van der Waals surface area (Å²) in [5.41, 5.74) is 1.06. The molecule has 0 aromatic heterocycles. The predicted molar refractivity (Wildman–Crippen MR) is 139 cm³/mol. The van der Waals surface area contributed by atoms with Crippen LogP contribution in [0.15, 0.2) is 59.5 Å². The molecule has 200 valence electrons. The SMILES string of the molecule is O=C(NC(CCCc1ccccc1)B(O)O)C(CC(=O)N1CCOCC1)NS(=O)(=O)c1cccc(Cl)c1. The minimum atomic E-state index is -4.23. The summed E-state index contributed by atoms with van der Waals surface area (Å²) in [6, 6.07) is 13.6. The van der Waals surface area contributed by atoms with Crippen LogP contribution in [0.2, 0.25) is 5.02 Å². The number of hydrogen-bond donors (Lipinski definition) is 4. The molecule has 0 spiro atoms. The monoisotopic (exact) mass is 551 g/mol. The number of nitrogens with zero attached hydrogens (tertiary/aromatic N) is 1. The first-order valence-electron chi connectivity index (χ1n) is 12.0. The van der Waals surface area contributed by atoms with Gasteiger partial charge in [-0.15, -0.1) is 0 Å².